The van der Waals surface area contributed by atoms with Gasteiger partial charge in [0, 0.05) is 33.3 Å². The van der Waals surface area contributed by atoms with Crippen molar-refractivity contribution >= 4 is 71.3 Å². The van der Waals surface area contributed by atoms with Crippen LogP contribution >= 0.6 is 0 Å². The van der Waals surface area contributed by atoms with Crippen LogP contribution in [0.2, 0.25) is 0 Å². The number of rotatable bonds is 5. The molecule has 0 N–H and O–H groups in total. The third-order valence-electron chi connectivity index (χ3n) is 10.0. The lowest BCUT2D eigenvalue weighted by molar-refractivity contribution is 0.670. The average molecular weight is 638 g/mol. The zero-order valence-electron chi connectivity index (χ0n) is 27.3. The Bertz CT molecular complexity index is 2870. The first-order valence-electron chi connectivity index (χ1n) is 17.1. The molecule has 0 unspecified atom stereocenters. The smallest absolute Gasteiger partial charge is 0.143 e. The van der Waals surface area contributed by atoms with Gasteiger partial charge in [0.2, 0.25) is 0 Å². The lowest BCUT2D eigenvalue weighted by Gasteiger charge is -2.28. The summed E-state index contributed by atoms with van der Waals surface area (Å²) >= 11 is 0. The third kappa shape index (κ3) is 4.65. The molecule has 9 aromatic carbocycles. The first kappa shape index (κ1) is 28.4. The van der Waals surface area contributed by atoms with E-state index in [9.17, 15) is 0 Å². The molecule has 50 heavy (non-hydrogen) atoms. The summed E-state index contributed by atoms with van der Waals surface area (Å²) < 4.78 is 6.59. The number of benzene rings is 9. The van der Waals surface area contributed by atoms with Gasteiger partial charge in [-0.15, -0.1) is 0 Å². The zero-order valence-corrected chi connectivity index (χ0v) is 27.3. The summed E-state index contributed by atoms with van der Waals surface area (Å²) in [7, 11) is 0. The molecule has 1 heterocycles. The Labute approximate surface area is 290 Å². The van der Waals surface area contributed by atoms with Gasteiger partial charge in [0.05, 0.1) is 5.69 Å². The second kappa shape index (κ2) is 11.5. The van der Waals surface area contributed by atoms with Crippen molar-refractivity contribution in [2.45, 2.75) is 0 Å². The van der Waals surface area contributed by atoms with Crippen molar-refractivity contribution < 1.29 is 4.42 Å². The fourth-order valence-corrected chi connectivity index (χ4v) is 7.60. The Morgan fingerprint density at radius 2 is 0.960 bits per heavy atom. The van der Waals surface area contributed by atoms with Gasteiger partial charge in [0.1, 0.15) is 11.2 Å². The van der Waals surface area contributed by atoms with Crippen LogP contribution in [-0.2, 0) is 0 Å². The number of nitrogens with zero attached hydrogens (tertiary/aromatic N) is 1. The van der Waals surface area contributed by atoms with Gasteiger partial charge in [-0.1, -0.05) is 146 Å². The topological polar surface area (TPSA) is 16.4 Å². The van der Waals surface area contributed by atoms with Crippen LogP contribution in [0.25, 0.3) is 76.5 Å². The van der Waals surface area contributed by atoms with Crippen molar-refractivity contribution in [1.29, 1.82) is 0 Å². The van der Waals surface area contributed by atoms with E-state index in [0.29, 0.717) is 0 Å². The molecule has 0 radical (unpaired) electrons. The Morgan fingerprint density at radius 3 is 1.82 bits per heavy atom. The van der Waals surface area contributed by atoms with Crippen molar-refractivity contribution in [2.24, 2.45) is 0 Å². The highest BCUT2D eigenvalue weighted by Crippen LogP contribution is 2.43. The zero-order chi connectivity index (χ0) is 33.0. The summed E-state index contributed by atoms with van der Waals surface area (Å²) in [6.45, 7) is 0. The van der Waals surface area contributed by atoms with E-state index in [1.54, 1.807) is 0 Å². The van der Waals surface area contributed by atoms with Crippen LogP contribution in [0, 0.1) is 0 Å². The highest BCUT2D eigenvalue weighted by molar-refractivity contribution is 6.13. The predicted molar refractivity (Wildman–Crippen MR) is 212 cm³/mol. The Balaban J connectivity index is 1.13. The minimum absolute atomic E-state index is 0.913. The van der Waals surface area contributed by atoms with Gasteiger partial charge >= 0.3 is 0 Å². The molecule has 0 fully saturated rings. The highest BCUT2D eigenvalue weighted by Gasteiger charge is 2.19. The van der Waals surface area contributed by atoms with E-state index >= 15 is 0 Å². The molecule has 0 bridgehead atoms. The predicted octanol–water partition coefficient (Wildman–Crippen LogP) is 13.8. The van der Waals surface area contributed by atoms with Crippen molar-refractivity contribution in [2.75, 3.05) is 4.90 Å². The highest BCUT2D eigenvalue weighted by atomic mass is 16.3. The van der Waals surface area contributed by atoms with Gasteiger partial charge in [0.15, 0.2) is 0 Å². The van der Waals surface area contributed by atoms with E-state index in [1.807, 2.05) is 0 Å². The fraction of sp³-hybridized carbons (Fsp3) is 0. The van der Waals surface area contributed by atoms with Crippen molar-refractivity contribution in [3.05, 3.63) is 188 Å². The van der Waals surface area contributed by atoms with Gasteiger partial charge in [-0.25, -0.2) is 0 Å². The minimum atomic E-state index is 0.913. The fourth-order valence-electron chi connectivity index (χ4n) is 7.60. The molecule has 2 heteroatoms. The monoisotopic (exact) mass is 637 g/mol. The van der Waals surface area contributed by atoms with Crippen LogP contribution in [0.3, 0.4) is 0 Å². The number of para-hydroxylation sites is 2. The van der Waals surface area contributed by atoms with Crippen LogP contribution in [0.15, 0.2) is 192 Å². The summed E-state index contributed by atoms with van der Waals surface area (Å²) in [6.07, 6.45) is 0. The van der Waals surface area contributed by atoms with Crippen LogP contribution in [0.4, 0.5) is 17.1 Å². The number of fused-ring (bicyclic) bond motifs is 7. The molecule has 2 nitrogen and oxygen atoms in total. The number of hydrogen-bond donors (Lipinski definition) is 0. The van der Waals surface area contributed by atoms with E-state index in [4.69, 9.17) is 4.42 Å². The largest absolute Gasteiger partial charge is 0.455 e. The minimum Gasteiger partial charge on any atom is -0.455 e. The maximum Gasteiger partial charge on any atom is 0.143 e. The number of anilines is 3. The molecule has 0 atom stereocenters. The van der Waals surface area contributed by atoms with Gasteiger partial charge in [-0.2, -0.15) is 0 Å². The summed E-state index contributed by atoms with van der Waals surface area (Å²) in [5.74, 6) is 0. The molecule has 10 rings (SSSR count). The van der Waals surface area contributed by atoms with Crippen LogP contribution in [0.1, 0.15) is 0 Å². The Kier molecular flexibility index (Phi) is 6.53. The van der Waals surface area contributed by atoms with E-state index < -0.39 is 0 Å². The Morgan fingerprint density at radius 1 is 0.340 bits per heavy atom. The normalized spacial score (nSPS) is 11.6. The second-order valence-electron chi connectivity index (χ2n) is 12.9. The first-order chi connectivity index (χ1) is 24.8. The third-order valence-corrected chi connectivity index (χ3v) is 10.0. The van der Waals surface area contributed by atoms with Crippen molar-refractivity contribution in [1.82, 2.24) is 0 Å². The molecule has 0 saturated carbocycles. The van der Waals surface area contributed by atoms with E-state index in [0.717, 1.165) is 50.1 Å². The molecule has 0 spiro atoms. The summed E-state index contributed by atoms with van der Waals surface area (Å²) in [4.78, 5) is 2.38. The molecule has 0 aliphatic rings. The van der Waals surface area contributed by atoms with Gasteiger partial charge in [-0.3, -0.25) is 0 Å². The van der Waals surface area contributed by atoms with E-state index in [1.165, 1.54) is 43.4 Å². The first-order valence-corrected chi connectivity index (χ1v) is 17.1. The standard InChI is InChI=1S/C48H31NO/c1-2-11-32(12-3-1)42-17-8-9-20-46(42)49(39-27-28-41-37(29-39)22-21-33-13-6-7-16-40(33)41)38-25-23-34(24-26-38)43-18-10-19-44-45-30-35-14-4-5-15-36(35)31-47(45)50-48(43)44/h1-31H. The van der Waals surface area contributed by atoms with Gasteiger partial charge in [0.25, 0.3) is 0 Å². The second-order valence-corrected chi connectivity index (χ2v) is 12.9. The van der Waals surface area contributed by atoms with E-state index in [2.05, 4.69) is 193 Å². The average Bonchev–Trinajstić information content (AvgIpc) is 3.55. The molecule has 10 aromatic rings. The number of hydrogen-bond acceptors (Lipinski definition) is 2. The molecule has 234 valence electrons. The van der Waals surface area contributed by atoms with Crippen LogP contribution < -0.4 is 4.90 Å². The number of furan rings is 1. The molecule has 0 saturated heterocycles. The quantitative estimate of drug-likeness (QED) is 0.175. The molecule has 0 aliphatic carbocycles. The van der Waals surface area contributed by atoms with Crippen molar-refractivity contribution in [3.8, 4) is 22.3 Å². The van der Waals surface area contributed by atoms with E-state index in [-0.39, 0.29) is 0 Å². The Hall–Kier alpha value is -6.64. The molecule has 1 aromatic heterocycles. The van der Waals surface area contributed by atoms with Gasteiger partial charge < -0.3 is 9.32 Å². The molecular formula is C48H31NO. The van der Waals surface area contributed by atoms with Crippen LogP contribution in [-0.4, -0.2) is 0 Å². The SMILES string of the molecule is c1ccc(-c2ccccc2N(c2ccc(-c3cccc4c3oc3cc5ccccc5cc34)cc2)c2ccc3c(ccc4ccccc43)c2)cc1. The van der Waals surface area contributed by atoms with Crippen molar-refractivity contribution in [3.63, 3.8) is 0 Å². The van der Waals surface area contributed by atoms with Crippen LogP contribution in [0.5, 0.6) is 0 Å². The maximum absolute atomic E-state index is 6.59. The maximum atomic E-state index is 6.59. The molecule has 0 aliphatic heterocycles. The lowest BCUT2D eigenvalue weighted by atomic mass is 9.98. The van der Waals surface area contributed by atoms with Gasteiger partial charge in [-0.05, 0) is 85.9 Å². The summed E-state index contributed by atoms with van der Waals surface area (Å²) in [5, 5.41) is 9.67. The molecular weight excluding hydrogens is 607 g/mol. The summed E-state index contributed by atoms with van der Waals surface area (Å²) in [5.41, 5.74) is 9.70. The lowest BCUT2D eigenvalue weighted by Crippen LogP contribution is -2.11. The molecule has 0 amide bonds. The summed E-state index contributed by atoms with van der Waals surface area (Å²) in [6, 6.07) is 67.5.